The smallest absolute Gasteiger partial charge is 0.336 e. The van der Waals surface area contributed by atoms with Crippen LogP contribution in [-0.2, 0) is 10.0 Å². The van der Waals surface area contributed by atoms with Crippen LogP contribution in [0.25, 0.3) is 11.0 Å². The summed E-state index contributed by atoms with van der Waals surface area (Å²) in [6.45, 7) is 3.54. The maximum atomic E-state index is 12.5. The number of benzene rings is 2. The summed E-state index contributed by atoms with van der Waals surface area (Å²) in [5.74, 6) is 0. The van der Waals surface area contributed by atoms with E-state index in [1.807, 2.05) is 0 Å². The van der Waals surface area contributed by atoms with E-state index in [1.54, 1.807) is 50.2 Å². The van der Waals surface area contributed by atoms with Crippen LogP contribution < -0.4 is 10.3 Å². The second-order valence-corrected chi connectivity index (χ2v) is 6.98. The van der Waals surface area contributed by atoms with Crippen LogP contribution in [0.3, 0.4) is 0 Å². The van der Waals surface area contributed by atoms with Gasteiger partial charge in [0, 0.05) is 17.5 Å². The van der Waals surface area contributed by atoms with Gasteiger partial charge in [-0.05, 0) is 43.2 Å². The molecule has 0 aliphatic rings. The van der Waals surface area contributed by atoms with Gasteiger partial charge in [0.15, 0.2) is 0 Å². The van der Waals surface area contributed by atoms with Crippen LogP contribution >= 0.6 is 0 Å². The molecule has 1 heterocycles. The Labute approximate surface area is 133 Å². The molecule has 0 saturated heterocycles. The zero-order valence-corrected chi connectivity index (χ0v) is 13.5. The number of nitrogens with one attached hydrogen (secondary N) is 1. The summed E-state index contributed by atoms with van der Waals surface area (Å²) in [7, 11) is -3.70. The highest BCUT2D eigenvalue weighted by molar-refractivity contribution is 7.92. The lowest BCUT2D eigenvalue weighted by atomic mass is 10.1. The van der Waals surface area contributed by atoms with Gasteiger partial charge in [0.1, 0.15) is 5.58 Å². The van der Waals surface area contributed by atoms with Crippen LogP contribution in [-0.4, -0.2) is 8.42 Å². The standard InChI is InChI=1S/C17H15NO4S/c1-11-5-3-4-6-16(11)23(20,21)18-13-7-8-14-12(2)9-17(19)22-15(14)10-13/h3-10,18H,1-2H3. The van der Waals surface area contributed by atoms with E-state index in [0.717, 1.165) is 10.9 Å². The minimum Gasteiger partial charge on any atom is -0.423 e. The minimum absolute atomic E-state index is 0.214. The van der Waals surface area contributed by atoms with E-state index in [0.29, 0.717) is 16.8 Å². The molecular weight excluding hydrogens is 314 g/mol. The van der Waals surface area contributed by atoms with Crippen molar-refractivity contribution < 1.29 is 12.8 Å². The highest BCUT2D eigenvalue weighted by atomic mass is 32.2. The monoisotopic (exact) mass is 329 g/mol. The highest BCUT2D eigenvalue weighted by Crippen LogP contribution is 2.24. The van der Waals surface area contributed by atoms with Crippen molar-refractivity contribution in [2.45, 2.75) is 18.7 Å². The van der Waals surface area contributed by atoms with Crippen molar-refractivity contribution in [3.8, 4) is 0 Å². The summed E-state index contributed by atoms with van der Waals surface area (Å²) in [4.78, 5) is 11.7. The molecule has 118 valence electrons. The first-order valence-electron chi connectivity index (χ1n) is 7.00. The van der Waals surface area contributed by atoms with Gasteiger partial charge in [-0.25, -0.2) is 13.2 Å². The first-order chi connectivity index (χ1) is 10.9. The fourth-order valence-electron chi connectivity index (χ4n) is 2.46. The topological polar surface area (TPSA) is 76.4 Å². The van der Waals surface area contributed by atoms with E-state index in [9.17, 15) is 13.2 Å². The molecule has 1 aromatic heterocycles. The molecule has 0 atom stereocenters. The lowest BCUT2D eigenvalue weighted by molar-refractivity contribution is 0.560. The minimum atomic E-state index is -3.70. The van der Waals surface area contributed by atoms with E-state index >= 15 is 0 Å². The van der Waals surface area contributed by atoms with Gasteiger partial charge in [-0.15, -0.1) is 0 Å². The van der Waals surface area contributed by atoms with E-state index in [4.69, 9.17) is 4.42 Å². The van der Waals surface area contributed by atoms with Gasteiger partial charge in [-0.2, -0.15) is 0 Å². The third-order valence-electron chi connectivity index (χ3n) is 3.59. The average Bonchev–Trinajstić information content (AvgIpc) is 2.46. The average molecular weight is 329 g/mol. The summed E-state index contributed by atoms with van der Waals surface area (Å²) in [6.07, 6.45) is 0. The summed E-state index contributed by atoms with van der Waals surface area (Å²) >= 11 is 0. The number of hydrogen-bond donors (Lipinski definition) is 1. The maximum absolute atomic E-state index is 12.5. The van der Waals surface area contributed by atoms with E-state index in [1.165, 1.54) is 12.1 Å². The van der Waals surface area contributed by atoms with Gasteiger partial charge >= 0.3 is 5.63 Å². The summed E-state index contributed by atoms with van der Waals surface area (Å²) < 4.78 is 32.6. The Kier molecular flexibility index (Phi) is 3.69. The molecule has 0 bridgehead atoms. The molecule has 0 amide bonds. The van der Waals surface area contributed by atoms with Crippen molar-refractivity contribution in [3.63, 3.8) is 0 Å². The molecule has 0 aliphatic heterocycles. The Morgan fingerprint density at radius 1 is 0.957 bits per heavy atom. The predicted molar refractivity (Wildman–Crippen MR) is 89.2 cm³/mol. The van der Waals surface area contributed by atoms with Crippen LogP contribution in [0.5, 0.6) is 0 Å². The number of anilines is 1. The van der Waals surface area contributed by atoms with Gasteiger partial charge in [0.05, 0.1) is 10.6 Å². The molecule has 23 heavy (non-hydrogen) atoms. The Bertz CT molecular complexity index is 1050. The van der Waals surface area contributed by atoms with Crippen molar-refractivity contribution in [1.29, 1.82) is 0 Å². The van der Waals surface area contributed by atoms with Crippen LogP contribution in [0.15, 0.2) is 62.6 Å². The van der Waals surface area contributed by atoms with Gasteiger partial charge in [-0.1, -0.05) is 18.2 Å². The molecule has 0 radical (unpaired) electrons. The lowest BCUT2D eigenvalue weighted by Gasteiger charge is -2.11. The number of aryl methyl sites for hydroxylation is 2. The number of sulfonamides is 1. The van der Waals surface area contributed by atoms with E-state index in [-0.39, 0.29) is 4.90 Å². The molecule has 6 heteroatoms. The largest absolute Gasteiger partial charge is 0.423 e. The van der Waals surface area contributed by atoms with Crippen molar-refractivity contribution in [2.24, 2.45) is 0 Å². The van der Waals surface area contributed by atoms with Crippen molar-refractivity contribution in [1.82, 2.24) is 0 Å². The fourth-order valence-corrected chi connectivity index (χ4v) is 3.75. The molecule has 0 unspecified atom stereocenters. The summed E-state index contributed by atoms with van der Waals surface area (Å²) in [6, 6.07) is 13.0. The van der Waals surface area contributed by atoms with Gasteiger partial charge < -0.3 is 4.42 Å². The van der Waals surface area contributed by atoms with Crippen molar-refractivity contribution >= 4 is 26.7 Å². The fraction of sp³-hybridized carbons (Fsp3) is 0.118. The van der Waals surface area contributed by atoms with Gasteiger partial charge in [0.2, 0.25) is 0 Å². The lowest BCUT2D eigenvalue weighted by Crippen LogP contribution is -2.14. The van der Waals surface area contributed by atoms with Crippen LogP contribution in [0.1, 0.15) is 11.1 Å². The third kappa shape index (κ3) is 2.98. The summed E-state index contributed by atoms with van der Waals surface area (Å²) in [5.41, 5.74) is 1.66. The molecule has 0 aliphatic carbocycles. The van der Waals surface area contributed by atoms with E-state index in [2.05, 4.69) is 4.72 Å². The predicted octanol–water partition coefficient (Wildman–Crippen LogP) is 3.21. The molecule has 1 N–H and O–H groups in total. The molecule has 5 nitrogen and oxygen atoms in total. The Balaban J connectivity index is 2.05. The third-order valence-corrected chi connectivity index (χ3v) is 5.13. The van der Waals surface area contributed by atoms with Crippen molar-refractivity contribution in [2.75, 3.05) is 4.72 Å². The Morgan fingerprint density at radius 2 is 1.70 bits per heavy atom. The molecule has 3 rings (SSSR count). The molecule has 0 saturated carbocycles. The Morgan fingerprint density at radius 3 is 2.43 bits per heavy atom. The molecular formula is C17H15NO4S. The van der Waals surface area contributed by atoms with Crippen LogP contribution in [0.4, 0.5) is 5.69 Å². The second kappa shape index (κ2) is 5.55. The maximum Gasteiger partial charge on any atom is 0.336 e. The van der Waals surface area contributed by atoms with Crippen molar-refractivity contribution in [3.05, 3.63) is 70.1 Å². The zero-order chi connectivity index (χ0) is 16.6. The first-order valence-corrected chi connectivity index (χ1v) is 8.48. The number of rotatable bonds is 3. The first kappa shape index (κ1) is 15.3. The molecule has 0 spiro atoms. The Hall–Kier alpha value is -2.60. The number of fused-ring (bicyclic) bond motifs is 1. The van der Waals surface area contributed by atoms with Gasteiger partial charge in [-0.3, -0.25) is 4.72 Å². The normalized spacial score (nSPS) is 11.6. The second-order valence-electron chi connectivity index (χ2n) is 5.33. The van der Waals surface area contributed by atoms with Crippen LogP contribution in [0, 0.1) is 13.8 Å². The SMILES string of the molecule is Cc1ccccc1S(=O)(=O)Nc1ccc2c(C)cc(=O)oc2c1. The molecule has 3 aromatic rings. The quantitative estimate of drug-likeness (QED) is 0.749. The molecule has 2 aromatic carbocycles. The summed E-state index contributed by atoms with van der Waals surface area (Å²) in [5, 5.41) is 0.767. The van der Waals surface area contributed by atoms with Gasteiger partial charge in [0.25, 0.3) is 10.0 Å². The number of hydrogen-bond acceptors (Lipinski definition) is 4. The molecule has 0 fully saturated rings. The highest BCUT2D eigenvalue weighted by Gasteiger charge is 2.16. The van der Waals surface area contributed by atoms with E-state index < -0.39 is 15.6 Å². The van der Waals surface area contributed by atoms with Crippen LogP contribution in [0.2, 0.25) is 0 Å². The zero-order valence-electron chi connectivity index (χ0n) is 12.7.